The Kier molecular flexibility index (Phi) is 6.45. The third kappa shape index (κ3) is 4.62. The highest BCUT2D eigenvalue weighted by Crippen LogP contribution is 2.36. The summed E-state index contributed by atoms with van der Waals surface area (Å²) in [7, 11) is 0. The molecule has 0 amide bonds. The van der Waals surface area contributed by atoms with Gasteiger partial charge in [-0.1, -0.05) is 0 Å². The number of aliphatic hydroxyl groups excluding tert-OH is 2. The lowest BCUT2D eigenvalue weighted by atomic mass is 9.98. The maximum Gasteiger partial charge on any atom is 0.337 e. The van der Waals surface area contributed by atoms with Crippen molar-refractivity contribution in [2.75, 3.05) is 0 Å². The summed E-state index contributed by atoms with van der Waals surface area (Å²) in [6.07, 6.45) is -9.24. The third-order valence-electron chi connectivity index (χ3n) is 5.37. The first-order valence-electron chi connectivity index (χ1n) is 10.4. The van der Waals surface area contributed by atoms with Crippen LogP contribution in [-0.2, 0) is 19.1 Å². The maximum atomic E-state index is 12.5. The summed E-state index contributed by atoms with van der Waals surface area (Å²) >= 11 is 0. The van der Waals surface area contributed by atoms with E-state index in [1.165, 1.54) is 12.1 Å². The molecule has 0 radical (unpaired) electrons. The molecule has 36 heavy (non-hydrogen) atoms. The summed E-state index contributed by atoms with van der Waals surface area (Å²) in [5.74, 6) is -4.23. The summed E-state index contributed by atoms with van der Waals surface area (Å²) in [4.78, 5) is 35.4. The van der Waals surface area contributed by atoms with E-state index >= 15 is 0 Å². The van der Waals surface area contributed by atoms with E-state index in [4.69, 9.17) is 18.6 Å². The SMILES string of the molecule is CC(=O)O[C@H]1[C@H](O)[C@@H](O)[C@H](Oc2cc(-c3cc(=O)c4c(O)cc(O)cc4o3)ccc2O)O[C@@H]1C(=O)O. The number of carbonyl (C=O) groups excluding carboxylic acids is 1. The molecule has 0 spiro atoms. The lowest BCUT2D eigenvalue weighted by molar-refractivity contribution is -0.274. The molecular weight excluding hydrogens is 484 g/mol. The summed E-state index contributed by atoms with van der Waals surface area (Å²) in [5.41, 5.74) is -0.585. The monoisotopic (exact) mass is 504 g/mol. The fraction of sp³-hybridized carbons (Fsp3) is 0.261. The molecule has 6 N–H and O–H groups in total. The van der Waals surface area contributed by atoms with Gasteiger partial charge < -0.3 is 49.3 Å². The molecule has 0 bridgehead atoms. The highest BCUT2D eigenvalue weighted by atomic mass is 16.7. The van der Waals surface area contributed by atoms with Crippen molar-refractivity contribution in [3.8, 4) is 34.3 Å². The van der Waals surface area contributed by atoms with Gasteiger partial charge in [-0.2, -0.15) is 0 Å². The molecular formula is C23H20O13. The van der Waals surface area contributed by atoms with E-state index in [1.807, 2.05) is 0 Å². The van der Waals surface area contributed by atoms with Crippen LogP contribution in [0.3, 0.4) is 0 Å². The summed E-state index contributed by atoms with van der Waals surface area (Å²) in [6.45, 7) is 0.984. The number of phenols is 3. The van der Waals surface area contributed by atoms with Gasteiger partial charge in [-0.25, -0.2) is 4.79 Å². The molecule has 2 heterocycles. The number of aliphatic carboxylic acids is 1. The first-order chi connectivity index (χ1) is 17.0. The lowest BCUT2D eigenvalue weighted by Crippen LogP contribution is -2.62. The van der Waals surface area contributed by atoms with E-state index in [9.17, 15) is 45.0 Å². The first kappa shape index (κ1) is 24.8. The normalized spacial score (nSPS) is 23.8. The van der Waals surface area contributed by atoms with Gasteiger partial charge in [-0.15, -0.1) is 0 Å². The number of rotatable bonds is 5. The molecule has 1 aliphatic rings. The topological polar surface area (TPSA) is 213 Å². The van der Waals surface area contributed by atoms with Crippen molar-refractivity contribution in [1.29, 1.82) is 0 Å². The fourth-order valence-electron chi connectivity index (χ4n) is 3.74. The number of carboxylic acids is 1. The van der Waals surface area contributed by atoms with Crippen LogP contribution in [0, 0.1) is 0 Å². The number of fused-ring (bicyclic) bond motifs is 1. The molecule has 1 aromatic heterocycles. The molecule has 0 unspecified atom stereocenters. The zero-order valence-electron chi connectivity index (χ0n) is 18.4. The standard InChI is InChI=1S/C23H20O13/c1-8(24)33-20-18(29)19(30)23(36-21(20)22(31)32)35-15-4-9(2-3-11(15)26)14-7-13(28)17-12(27)5-10(25)6-16(17)34-14/h2-7,18-21,23,25-27,29-30H,1H3,(H,31,32)/t18-,19-,20+,21+,23-/m1/s1. The number of hydrogen-bond donors (Lipinski definition) is 6. The van der Waals surface area contributed by atoms with E-state index in [2.05, 4.69) is 0 Å². The van der Waals surface area contributed by atoms with Gasteiger partial charge in [0.05, 0.1) is 0 Å². The largest absolute Gasteiger partial charge is 0.508 e. The Labute approximate surface area is 200 Å². The van der Waals surface area contributed by atoms with E-state index in [0.717, 1.165) is 31.2 Å². The highest BCUT2D eigenvalue weighted by molar-refractivity contribution is 5.86. The highest BCUT2D eigenvalue weighted by Gasteiger charge is 2.51. The third-order valence-corrected chi connectivity index (χ3v) is 5.37. The van der Waals surface area contributed by atoms with Gasteiger partial charge in [0.15, 0.2) is 29.1 Å². The minimum atomic E-state index is -1.90. The Morgan fingerprint density at radius 2 is 1.69 bits per heavy atom. The van der Waals surface area contributed by atoms with Crippen LogP contribution in [0.4, 0.5) is 0 Å². The second-order valence-corrected chi connectivity index (χ2v) is 7.93. The van der Waals surface area contributed by atoms with Gasteiger partial charge >= 0.3 is 11.9 Å². The van der Waals surface area contributed by atoms with Gasteiger partial charge in [0, 0.05) is 30.7 Å². The Morgan fingerprint density at radius 3 is 2.36 bits per heavy atom. The second-order valence-electron chi connectivity index (χ2n) is 7.93. The van der Waals surface area contributed by atoms with Gasteiger partial charge in [0.25, 0.3) is 0 Å². The first-order valence-corrected chi connectivity index (χ1v) is 10.4. The minimum Gasteiger partial charge on any atom is -0.508 e. The van der Waals surface area contributed by atoms with Crippen molar-refractivity contribution in [3.63, 3.8) is 0 Å². The maximum absolute atomic E-state index is 12.5. The average Bonchev–Trinajstić information content (AvgIpc) is 2.78. The summed E-state index contributed by atoms with van der Waals surface area (Å²) < 4.78 is 21.0. The molecule has 1 saturated heterocycles. The fourth-order valence-corrected chi connectivity index (χ4v) is 3.74. The smallest absolute Gasteiger partial charge is 0.337 e. The number of hydrogen-bond acceptors (Lipinski definition) is 12. The van der Waals surface area contributed by atoms with Crippen LogP contribution in [-0.4, -0.2) is 73.3 Å². The number of esters is 1. The molecule has 13 heteroatoms. The Morgan fingerprint density at radius 1 is 0.972 bits per heavy atom. The molecule has 1 fully saturated rings. The van der Waals surface area contributed by atoms with Crippen LogP contribution < -0.4 is 10.2 Å². The molecule has 190 valence electrons. The van der Waals surface area contributed by atoms with Crippen LogP contribution in [0.1, 0.15) is 6.92 Å². The number of carboxylic acid groups (broad SMARTS) is 1. The molecule has 13 nitrogen and oxygen atoms in total. The quantitative estimate of drug-likeness (QED) is 0.260. The zero-order valence-corrected chi connectivity index (χ0v) is 18.4. The van der Waals surface area contributed by atoms with E-state index in [0.29, 0.717) is 0 Å². The number of aliphatic hydroxyl groups is 2. The van der Waals surface area contributed by atoms with Gasteiger partial charge in [0.2, 0.25) is 6.29 Å². The molecule has 0 saturated carbocycles. The van der Waals surface area contributed by atoms with Crippen molar-refractivity contribution in [2.45, 2.75) is 37.6 Å². The Hall–Kier alpha value is -4.33. The van der Waals surface area contributed by atoms with Crippen molar-refractivity contribution in [3.05, 3.63) is 46.6 Å². The van der Waals surface area contributed by atoms with Crippen molar-refractivity contribution >= 4 is 22.9 Å². The predicted molar refractivity (Wildman–Crippen MR) is 117 cm³/mol. The van der Waals surface area contributed by atoms with Crippen molar-refractivity contribution in [1.82, 2.24) is 0 Å². The second kappa shape index (κ2) is 9.37. The molecule has 1 aliphatic heterocycles. The van der Waals surface area contributed by atoms with E-state index in [-0.39, 0.29) is 33.8 Å². The number of carbonyl (C=O) groups is 2. The minimum absolute atomic E-state index is 0.0502. The van der Waals surface area contributed by atoms with Crippen LogP contribution in [0.25, 0.3) is 22.3 Å². The molecule has 4 rings (SSSR count). The van der Waals surface area contributed by atoms with Gasteiger partial charge in [-0.05, 0) is 18.2 Å². The van der Waals surface area contributed by atoms with Crippen LogP contribution in [0.5, 0.6) is 23.0 Å². The van der Waals surface area contributed by atoms with Crippen LogP contribution in [0.2, 0.25) is 0 Å². The van der Waals surface area contributed by atoms with E-state index < -0.39 is 59.6 Å². The Bertz CT molecular complexity index is 1390. The molecule has 5 atom stereocenters. The number of ether oxygens (including phenoxy) is 3. The van der Waals surface area contributed by atoms with Crippen molar-refractivity contribution < 1.29 is 58.9 Å². The van der Waals surface area contributed by atoms with Crippen LogP contribution in [0.15, 0.2) is 45.6 Å². The number of phenolic OH excluding ortho intramolecular Hbond substituents is 3. The number of aromatic hydroxyl groups is 3. The molecule has 0 aliphatic carbocycles. The van der Waals surface area contributed by atoms with Crippen molar-refractivity contribution in [2.24, 2.45) is 0 Å². The van der Waals surface area contributed by atoms with Crippen LogP contribution >= 0.6 is 0 Å². The number of benzene rings is 2. The summed E-state index contributed by atoms with van der Waals surface area (Å²) in [6, 6.07) is 6.83. The summed E-state index contributed by atoms with van der Waals surface area (Å²) in [5, 5.41) is 59.8. The van der Waals surface area contributed by atoms with E-state index in [1.54, 1.807) is 0 Å². The zero-order chi connectivity index (χ0) is 26.3. The average molecular weight is 504 g/mol. The molecule has 2 aromatic carbocycles. The van der Waals surface area contributed by atoms with Gasteiger partial charge in [0.1, 0.15) is 40.4 Å². The van der Waals surface area contributed by atoms with Gasteiger partial charge in [-0.3, -0.25) is 9.59 Å². The molecule has 3 aromatic rings. The lowest BCUT2D eigenvalue weighted by Gasteiger charge is -2.40. The predicted octanol–water partition coefficient (Wildman–Crippen LogP) is 0.419. The Balaban J connectivity index is 1.67.